The zero-order chi connectivity index (χ0) is 11.1. The second kappa shape index (κ2) is 3.33. The van der Waals surface area contributed by atoms with Gasteiger partial charge in [0, 0.05) is 6.42 Å². The first-order valence-electron chi connectivity index (χ1n) is 5.02. The van der Waals surface area contributed by atoms with Gasteiger partial charge in [-0.3, -0.25) is 0 Å². The molecule has 1 unspecified atom stereocenters. The molecule has 1 aromatic carbocycles. The number of carbonyl (C=O) groups is 1. The van der Waals surface area contributed by atoms with E-state index in [2.05, 4.69) is 0 Å². The minimum atomic E-state index is -2.07. The number of halogens is 1. The van der Waals surface area contributed by atoms with Crippen molar-refractivity contribution in [1.29, 1.82) is 0 Å². The van der Waals surface area contributed by atoms with Crippen LogP contribution >= 0.6 is 0 Å². The van der Waals surface area contributed by atoms with Crippen molar-refractivity contribution in [1.82, 2.24) is 0 Å². The lowest BCUT2D eigenvalue weighted by Crippen LogP contribution is -2.39. The number of rotatable bonds is 1. The highest BCUT2D eigenvalue weighted by Gasteiger charge is 2.41. The lowest BCUT2D eigenvalue weighted by molar-refractivity contribution is -0.151. The fourth-order valence-corrected chi connectivity index (χ4v) is 2.18. The molecule has 1 aliphatic rings. The van der Waals surface area contributed by atoms with Gasteiger partial charge in [-0.1, -0.05) is 18.2 Å². The first-order chi connectivity index (χ1) is 7.03. The summed E-state index contributed by atoms with van der Waals surface area (Å²) in [5, 5.41) is 8.82. The first-order valence-corrected chi connectivity index (χ1v) is 5.02. The van der Waals surface area contributed by atoms with Crippen molar-refractivity contribution >= 4 is 5.97 Å². The number of carboxylic acids is 1. The summed E-state index contributed by atoms with van der Waals surface area (Å²) in [6.45, 7) is 1.98. The molecule has 1 aromatic rings. The van der Waals surface area contributed by atoms with Crippen LogP contribution in [0.5, 0.6) is 0 Å². The lowest BCUT2D eigenvalue weighted by atomic mass is 9.80. The summed E-state index contributed by atoms with van der Waals surface area (Å²) >= 11 is 0. The monoisotopic (exact) mass is 208 g/mol. The largest absolute Gasteiger partial charge is 0.479 e. The molecule has 0 radical (unpaired) electrons. The minimum absolute atomic E-state index is 0.000648. The summed E-state index contributed by atoms with van der Waals surface area (Å²) < 4.78 is 13.9. The number of aryl methyl sites for hydroxylation is 1. The second-order valence-corrected chi connectivity index (χ2v) is 4.16. The standard InChI is InChI=1S/C12H13FO2/c1-8-3-2-4-9-7-12(13,11(14)15)6-5-10(8)9/h2-4H,5-7H2,1H3,(H,14,15). The molecule has 0 amide bonds. The van der Waals surface area contributed by atoms with Gasteiger partial charge in [0.25, 0.3) is 0 Å². The predicted molar refractivity (Wildman–Crippen MR) is 54.7 cm³/mol. The number of benzene rings is 1. The van der Waals surface area contributed by atoms with Crippen LogP contribution in [0.3, 0.4) is 0 Å². The van der Waals surface area contributed by atoms with E-state index in [0.29, 0.717) is 6.42 Å². The maximum absolute atomic E-state index is 13.9. The summed E-state index contributed by atoms with van der Waals surface area (Å²) in [7, 11) is 0. The van der Waals surface area contributed by atoms with Crippen LogP contribution in [-0.2, 0) is 17.6 Å². The van der Waals surface area contributed by atoms with E-state index >= 15 is 0 Å². The summed E-state index contributed by atoms with van der Waals surface area (Å²) in [6, 6.07) is 5.64. The molecule has 0 aliphatic heterocycles. The molecule has 2 nitrogen and oxygen atoms in total. The van der Waals surface area contributed by atoms with Crippen molar-refractivity contribution in [3.63, 3.8) is 0 Å². The minimum Gasteiger partial charge on any atom is -0.479 e. The quantitative estimate of drug-likeness (QED) is 0.768. The third-order valence-electron chi connectivity index (χ3n) is 3.13. The average Bonchev–Trinajstić information content (AvgIpc) is 2.17. The Morgan fingerprint density at radius 1 is 1.53 bits per heavy atom. The SMILES string of the molecule is Cc1cccc2c1CCC(F)(C(=O)O)C2. The number of carboxylic acid groups (broad SMARTS) is 1. The Morgan fingerprint density at radius 3 is 2.93 bits per heavy atom. The van der Waals surface area contributed by atoms with Gasteiger partial charge in [0.15, 0.2) is 0 Å². The average molecular weight is 208 g/mol. The Bertz CT molecular complexity index is 414. The fraction of sp³-hybridized carbons (Fsp3) is 0.417. The Kier molecular flexibility index (Phi) is 2.25. The highest BCUT2D eigenvalue weighted by Crippen LogP contribution is 2.33. The fourth-order valence-electron chi connectivity index (χ4n) is 2.18. The second-order valence-electron chi connectivity index (χ2n) is 4.16. The molecular weight excluding hydrogens is 195 g/mol. The molecule has 1 aliphatic carbocycles. The van der Waals surface area contributed by atoms with E-state index in [0.717, 1.165) is 16.7 Å². The van der Waals surface area contributed by atoms with Gasteiger partial charge in [0.1, 0.15) is 0 Å². The molecule has 0 fully saturated rings. The highest BCUT2D eigenvalue weighted by atomic mass is 19.1. The van der Waals surface area contributed by atoms with Crippen molar-refractivity contribution < 1.29 is 14.3 Å². The van der Waals surface area contributed by atoms with Crippen molar-refractivity contribution in [3.05, 3.63) is 34.9 Å². The predicted octanol–water partition coefficient (Wildman–Crippen LogP) is 2.28. The Morgan fingerprint density at radius 2 is 2.27 bits per heavy atom. The zero-order valence-corrected chi connectivity index (χ0v) is 8.59. The number of fused-ring (bicyclic) bond motifs is 1. The van der Waals surface area contributed by atoms with Crippen LogP contribution in [-0.4, -0.2) is 16.7 Å². The van der Waals surface area contributed by atoms with Crippen LogP contribution in [0.4, 0.5) is 4.39 Å². The first kappa shape index (κ1) is 10.1. The van der Waals surface area contributed by atoms with Crippen LogP contribution in [0.25, 0.3) is 0 Å². The van der Waals surface area contributed by atoms with Gasteiger partial charge in [-0.15, -0.1) is 0 Å². The molecule has 0 heterocycles. The summed E-state index contributed by atoms with van der Waals surface area (Å²) in [5.74, 6) is -1.34. The maximum Gasteiger partial charge on any atom is 0.341 e. The summed E-state index contributed by atoms with van der Waals surface area (Å²) in [6.07, 6.45) is 0.602. The molecule has 0 bridgehead atoms. The van der Waals surface area contributed by atoms with E-state index < -0.39 is 11.6 Å². The van der Waals surface area contributed by atoms with E-state index in [-0.39, 0.29) is 12.8 Å². The summed E-state index contributed by atoms with van der Waals surface area (Å²) in [5.41, 5.74) is 1.01. The number of aliphatic carboxylic acids is 1. The number of hydrogen-bond donors (Lipinski definition) is 1. The van der Waals surface area contributed by atoms with E-state index in [4.69, 9.17) is 5.11 Å². The van der Waals surface area contributed by atoms with Crippen molar-refractivity contribution in [2.75, 3.05) is 0 Å². The molecule has 2 rings (SSSR count). The van der Waals surface area contributed by atoms with Gasteiger partial charge in [-0.2, -0.15) is 0 Å². The van der Waals surface area contributed by atoms with Gasteiger partial charge < -0.3 is 5.11 Å². The van der Waals surface area contributed by atoms with Crippen molar-refractivity contribution in [3.8, 4) is 0 Å². The number of hydrogen-bond acceptors (Lipinski definition) is 1. The zero-order valence-electron chi connectivity index (χ0n) is 8.59. The van der Waals surface area contributed by atoms with Crippen LogP contribution < -0.4 is 0 Å². The van der Waals surface area contributed by atoms with Gasteiger partial charge in [0.2, 0.25) is 5.67 Å². The van der Waals surface area contributed by atoms with Crippen LogP contribution in [0.15, 0.2) is 18.2 Å². The van der Waals surface area contributed by atoms with Gasteiger partial charge in [-0.05, 0) is 36.5 Å². The van der Waals surface area contributed by atoms with Gasteiger partial charge in [-0.25, -0.2) is 9.18 Å². The topological polar surface area (TPSA) is 37.3 Å². The van der Waals surface area contributed by atoms with Crippen LogP contribution in [0.1, 0.15) is 23.1 Å². The number of alkyl halides is 1. The molecule has 80 valence electrons. The van der Waals surface area contributed by atoms with Gasteiger partial charge >= 0.3 is 5.97 Å². The third-order valence-corrected chi connectivity index (χ3v) is 3.13. The molecule has 15 heavy (non-hydrogen) atoms. The van der Waals surface area contributed by atoms with Crippen LogP contribution in [0, 0.1) is 6.92 Å². The third kappa shape index (κ3) is 1.62. The normalized spacial score (nSPS) is 24.7. The molecule has 3 heteroatoms. The smallest absolute Gasteiger partial charge is 0.341 e. The van der Waals surface area contributed by atoms with E-state index in [9.17, 15) is 9.18 Å². The highest BCUT2D eigenvalue weighted by molar-refractivity contribution is 5.78. The van der Waals surface area contributed by atoms with Crippen molar-refractivity contribution in [2.45, 2.75) is 31.9 Å². The maximum atomic E-state index is 13.9. The van der Waals surface area contributed by atoms with Crippen LogP contribution in [0.2, 0.25) is 0 Å². The molecule has 0 aromatic heterocycles. The Balaban J connectivity index is 2.39. The lowest BCUT2D eigenvalue weighted by Gasteiger charge is -2.28. The molecule has 0 saturated carbocycles. The molecule has 0 spiro atoms. The molecule has 1 atom stereocenters. The van der Waals surface area contributed by atoms with E-state index in [1.54, 1.807) is 0 Å². The molecule has 0 saturated heterocycles. The van der Waals surface area contributed by atoms with E-state index in [1.807, 2.05) is 25.1 Å². The van der Waals surface area contributed by atoms with E-state index in [1.165, 1.54) is 0 Å². The van der Waals surface area contributed by atoms with Crippen molar-refractivity contribution in [2.24, 2.45) is 0 Å². The summed E-state index contributed by atoms with van der Waals surface area (Å²) in [4.78, 5) is 10.8. The Hall–Kier alpha value is -1.38. The van der Waals surface area contributed by atoms with Gasteiger partial charge in [0.05, 0.1) is 0 Å². The Labute approximate surface area is 87.7 Å². The molecular formula is C12H13FO2. The molecule has 1 N–H and O–H groups in total.